The zero-order valence-corrected chi connectivity index (χ0v) is 18.4. The lowest BCUT2D eigenvalue weighted by Crippen LogP contribution is -2.40. The summed E-state index contributed by atoms with van der Waals surface area (Å²) in [7, 11) is 1.81. The molecular weight excluding hydrogens is 392 g/mol. The molecule has 1 aromatic carbocycles. The van der Waals surface area contributed by atoms with Gasteiger partial charge >= 0.3 is 0 Å². The number of likely N-dealkylation sites (tertiary alicyclic amines) is 1. The Bertz CT molecular complexity index is 943. The number of Topliss-reactive ketones (excluding diaryl/α,β-unsaturated/α-hetero) is 1. The largest absolute Gasteiger partial charge is 0.346 e. The number of amides is 2. The van der Waals surface area contributed by atoms with Gasteiger partial charge in [0.2, 0.25) is 11.8 Å². The molecule has 2 N–H and O–H groups in total. The number of piperidine rings is 1. The van der Waals surface area contributed by atoms with Crippen LogP contribution in [0.2, 0.25) is 0 Å². The Morgan fingerprint density at radius 3 is 2.61 bits per heavy atom. The summed E-state index contributed by atoms with van der Waals surface area (Å²) in [6, 6.07) is 11.5. The third-order valence-corrected chi connectivity index (χ3v) is 5.51. The summed E-state index contributed by atoms with van der Waals surface area (Å²) in [5.41, 5.74) is 2.47. The van der Waals surface area contributed by atoms with Crippen molar-refractivity contribution in [3.8, 4) is 11.1 Å². The molecule has 2 amide bonds. The first-order valence-electron chi connectivity index (χ1n) is 10.7. The summed E-state index contributed by atoms with van der Waals surface area (Å²) >= 11 is 0. The summed E-state index contributed by atoms with van der Waals surface area (Å²) in [5, 5.41) is 5.99. The van der Waals surface area contributed by atoms with Gasteiger partial charge in [0.1, 0.15) is 5.69 Å². The van der Waals surface area contributed by atoms with E-state index in [2.05, 4.69) is 15.6 Å². The SMILES string of the molecule is CC(C)C(=O)c1ncc(-c2ccccc2)cc1NC(=O)CNCC1CCN(C)C(=O)C1. The Hall–Kier alpha value is -3.06. The van der Waals surface area contributed by atoms with E-state index >= 15 is 0 Å². The molecule has 1 unspecified atom stereocenters. The predicted octanol–water partition coefficient (Wildman–Crippen LogP) is 2.98. The third-order valence-electron chi connectivity index (χ3n) is 5.51. The minimum absolute atomic E-state index is 0.103. The number of nitrogens with zero attached hydrogens (tertiary/aromatic N) is 2. The smallest absolute Gasteiger partial charge is 0.238 e. The number of hydrogen-bond acceptors (Lipinski definition) is 5. The fourth-order valence-corrected chi connectivity index (χ4v) is 3.58. The van der Waals surface area contributed by atoms with Gasteiger partial charge in [-0.15, -0.1) is 0 Å². The lowest BCUT2D eigenvalue weighted by Gasteiger charge is -2.28. The molecule has 31 heavy (non-hydrogen) atoms. The average Bonchev–Trinajstić information content (AvgIpc) is 2.76. The van der Waals surface area contributed by atoms with Crippen LogP contribution in [0.15, 0.2) is 42.6 Å². The van der Waals surface area contributed by atoms with Crippen molar-refractivity contribution in [3.05, 3.63) is 48.3 Å². The molecule has 1 aromatic heterocycles. The van der Waals surface area contributed by atoms with E-state index in [1.54, 1.807) is 17.2 Å². The summed E-state index contributed by atoms with van der Waals surface area (Å²) in [5.74, 6) is -0.219. The van der Waals surface area contributed by atoms with Crippen LogP contribution in [-0.2, 0) is 9.59 Å². The first kappa shape index (κ1) is 22.6. The number of carbonyl (C=O) groups excluding carboxylic acids is 3. The van der Waals surface area contributed by atoms with Crippen molar-refractivity contribution >= 4 is 23.3 Å². The molecule has 164 valence electrons. The molecule has 1 saturated heterocycles. The average molecular weight is 423 g/mol. The zero-order chi connectivity index (χ0) is 22.4. The van der Waals surface area contributed by atoms with Gasteiger partial charge < -0.3 is 15.5 Å². The predicted molar refractivity (Wildman–Crippen MR) is 121 cm³/mol. The maximum Gasteiger partial charge on any atom is 0.238 e. The zero-order valence-electron chi connectivity index (χ0n) is 18.4. The van der Waals surface area contributed by atoms with Crippen LogP contribution in [0.4, 0.5) is 5.69 Å². The van der Waals surface area contributed by atoms with Crippen LogP contribution >= 0.6 is 0 Å². The molecule has 1 aliphatic rings. The van der Waals surface area contributed by atoms with E-state index in [-0.39, 0.29) is 41.7 Å². The van der Waals surface area contributed by atoms with Crippen LogP contribution < -0.4 is 10.6 Å². The van der Waals surface area contributed by atoms with Crippen molar-refractivity contribution in [1.29, 1.82) is 0 Å². The van der Waals surface area contributed by atoms with Crippen molar-refractivity contribution in [1.82, 2.24) is 15.2 Å². The summed E-state index contributed by atoms with van der Waals surface area (Å²) in [4.78, 5) is 43.1. The normalized spacial score (nSPS) is 16.5. The Morgan fingerprint density at radius 2 is 1.94 bits per heavy atom. The van der Waals surface area contributed by atoms with Crippen LogP contribution in [0.3, 0.4) is 0 Å². The summed E-state index contributed by atoms with van der Waals surface area (Å²) in [6.45, 7) is 5.07. The van der Waals surface area contributed by atoms with Crippen LogP contribution in [0, 0.1) is 11.8 Å². The van der Waals surface area contributed by atoms with Crippen molar-refractivity contribution in [2.45, 2.75) is 26.7 Å². The molecule has 0 aliphatic carbocycles. The third kappa shape index (κ3) is 5.98. The Labute approximate surface area is 183 Å². The van der Waals surface area contributed by atoms with Crippen LogP contribution in [0.25, 0.3) is 11.1 Å². The molecule has 2 heterocycles. The topological polar surface area (TPSA) is 91.4 Å². The minimum Gasteiger partial charge on any atom is -0.346 e. The highest BCUT2D eigenvalue weighted by Crippen LogP contribution is 2.25. The van der Waals surface area contributed by atoms with Gasteiger partial charge in [0, 0.05) is 37.7 Å². The quantitative estimate of drug-likeness (QED) is 0.638. The highest BCUT2D eigenvalue weighted by atomic mass is 16.2. The summed E-state index contributed by atoms with van der Waals surface area (Å²) in [6.07, 6.45) is 3.09. The molecule has 1 atom stereocenters. The molecule has 0 spiro atoms. The van der Waals surface area contributed by atoms with E-state index in [1.807, 2.05) is 51.2 Å². The van der Waals surface area contributed by atoms with E-state index in [0.717, 1.165) is 24.1 Å². The lowest BCUT2D eigenvalue weighted by molar-refractivity contribution is -0.133. The van der Waals surface area contributed by atoms with E-state index in [0.29, 0.717) is 18.7 Å². The van der Waals surface area contributed by atoms with Crippen molar-refractivity contribution < 1.29 is 14.4 Å². The molecule has 7 nitrogen and oxygen atoms in total. The second-order valence-electron chi connectivity index (χ2n) is 8.36. The maximum absolute atomic E-state index is 12.6. The summed E-state index contributed by atoms with van der Waals surface area (Å²) < 4.78 is 0. The van der Waals surface area contributed by atoms with E-state index in [4.69, 9.17) is 0 Å². The molecule has 0 bridgehead atoms. The van der Waals surface area contributed by atoms with Crippen molar-refractivity contribution in [3.63, 3.8) is 0 Å². The van der Waals surface area contributed by atoms with Gasteiger partial charge in [-0.05, 0) is 30.5 Å². The monoisotopic (exact) mass is 422 g/mol. The highest BCUT2D eigenvalue weighted by Gasteiger charge is 2.23. The minimum atomic E-state index is -0.246. The first-order valence-corrected chi connectivity index (χ1v) is 10.7. The number of rotatable bonds is 8. The molecule has 7 heteroatoms. The van der Waals surface area contributed by atoms with E-state index < -0.39 is 0 Å². The second-order valence-corrected chi connectivity index (χ2v) is 8.36. The maximum atomic E-state index is 12.6. The molecular formula is C24H30N4O3. The number of ketones is 1. The van der Waals surface area contributed by atoms with Crippen LogP contribution in [-0.4, -0.2) is 54.2 Å². The number of pyridine rings is 1. The molecule has 2 aromatic rings. The Balaban J connectivity index is 1.67. The number of carbonyl (C=O) groups is 3. The number of anilines is 1. The van der Waals surface area contributed by atoms with Crippen LogP contribution in [0.5, 0.6) is 0 Å². The standard InChI is InChI=1S/C24H30N4O3/c1-16(2)24(31)23-20(12-19(14-26-23)18-7-5-4-6-8-18)27-21(29)15-25-13-17-9-10-28(3)22(30)11-17/h4-8,12,14,16-17,25H,9-11,13,15H2,1-3H3,(H,27,29). The van der Waals surface area contributed by atoms with Gasteiger partial charge in [0.05, 0.1) is 12.2 Å². The number of benzene rings is 1. The molecule has 1 aliphatic heterocycles. The van der Waals surface area contributed by atoms with Crippen LogP contribution in [0.1, 0.15) is 37.2 Å². The lowest BCUT2D eigenvalue weighted by atomic mass is 9.96. The van der Waals surface area contributed by atoms with Gasteiger partial charge in [0.25, 0.3) is 0 Å². The molecule has 3 rings (SSSR count). The number of hydrogen-bond donors (Lipinski definition) is 2. The first-order chi connectivity index (χ1) is 14.8. The Kier molecular flexibility index (Phi) is 7.52. The van der Waals surface area contributed by atoms with Gasteiger partial charge in [-0.1, -0.05) is 44.2 Å². The molecule has 0 radical (unpaired) electrons. The number of aromatic nitrogens is 1. The van der Waals surface area contributed by atoms with Gasteiger partial charge in [-0.2, -0.15) is 0 Å². The van der Waals surface area contributed by atoms with Gasteiger partial charge in [0.15, 0.2) is 5.78 Å². The van der Waals surface area contributed by atoms with Crippen molar-refractivity contribution in [2.24, 2.45) is 11.8 Å². The van der Waals surface area contributed by atoms with E-state index in [1.165, 1.54) is 0 Å². The van der Waals surface area contributed by atoms with Gasteiger partial charge in [-0.25, -0.2) is 0 Å². The fraction of sp³-hybridized carbons (Fsp3) is 0.417. The molecule has 1 fully saturated rings. The van der Waals surface area contributed by atoms with Crippen molar-refractivity contribution in [2.75, 3.05) is 32.0 Å². The molecule has 0 saturated carbocycles. The fourth-order valence-electron chi connectivity index (χ4n) is 3.58. The van der Waals surface area contributed by atoms with E-state index in [9.17, 15) is 14.4 Å². The second kappa shape index (κ2) is 10.3. The number of nitrogens with one attached hydrogen (secondary N) is 2. The highest BCUT2D eigenvalue weighted by molar-refractivity contribution is 6.05. The van der Waals surface area contributed by atoms with Gasteiger partial charge in [-0.3, -0.25) is 19.4 Å². The Morgan fingerprint density at radius 1 is 1.19 bits per heavy atom.